The molecule has 1 fully saturated rings. The van der Waals surface area contributed by atoms with Crippen LogP contribution >= 0.6 is 11.6 Å². The molecule has 1 amide bonds. The molecule has 1 heterocycles. The van der Waals surface area contributed by atoms with Crippen LogP contribution in [0.4, 0.5) is 5.69 Å². The summed E-state index contributed by atoms with van der Waals surface area (Å²) in [6, 6.07) is 25.8. The molecule has 1 aliphatic rings. The number of nitrogens with one attached hydrogen (secondary N) is 1. The van der Waals surface area contributed by atoms with Gasteiger partial charge in [0.25, 0.3) is 0 Å². The van der Waals surface area contributed by atoms with Crippen LogP contribution in [0, 0.1) is 0 Å². The van der Waals surface area contributed by atoms with Crippen LogP contribution in [0.2, 0.25) is 5.02 Å². The topological polar surface area (TPSA) is 41.6 Å². The molecular formula is C25H25ClN2O2. The number of hydrogen-bond acceptors (Lipinski definition) is 3. The van der Waals surface area contributed by atoms with Gasteiger partial charge in [-0.25, -0.2) is 0 Å². The number of amides is 1. The Labute approximate surface area is 182 Å². The Kier molecular flexibility index (Phi) is 6.80. The van der Waals surface area contributed by atoms with Crippen molar-refractivity contribution in [1.29, 1.82) is 0 Å². The number of morpholine rings is 1. The van der Waals surface area contributed by atoms with Crippen LogP contribution in [0.5, 0.6) is 0 Å². The van der Waals surface area contributed by atoms with E-state index in [2.05, 4.69) is 22.3 Å². The van der Waals surface area contributed by atoms with Crippen molar-refractivity contribution in [3.05, 3.63) is 89.4 Å². The van der Waals surface area contributed by atoms with Crippen LogP contribution < -0.4 is 5.32 Å². The lowest BCUT2D eigenvalue weighted by molar-refractivity contribution is -0.117. The van der Waals surface area contributed by atoms with Gasteiger partial charge in [0.05, 0.1) is 12.7 Å². The van der Waals surface area contributed by atoms with E-state index in [-0.39, 0.29) is 12.0 Å². The fraction of sp³-hybridized carbons (Fsp3) is 0.240. The van der Waals surface area contributed by atoms with E-state index in [1.54, 1.807) is 0 Å². The number of anilines is 1. The van der Waals surface area contributed by atoms with Crippen molar-refractivity contribution < 1.29 is 9.53 Å². The third-order valence-corrected chi connectivity index (χ3v) is 5.59. The number of para-hydroxylation sites is 1. The van der Waals surface area contributed by atoms with Crippen molar-refractivity contribution in [2.24, 2.45) is 0 Å². The normalized spacial score (nSPS) is 16.9. The van der Waals surface area contributed by atoms with Crippen molar-refractivity contribution in [2.75, 3.05) is 31.6 Å². The van der Waals surface area contributed by atoms with E-state index in [0.717, 1.165) is 40.5 Å². The lowest BCUT2D eigenvalue weighted by Crippen LogP contribution is -2.39. The van der Waals surface area contributed by atoms with Crippen LogP contribution in [0.25, 0.3) is 11.1 Å². The molecule has 30 heavy (non-hydrogen) atoms. The molecule has 1 aliphatic heterocycles. The zero-order valence-electron chi connectivity index (χ0n) is 16.8. The standard InChI is InChI=1S/C25H25ClN2O2/c26-21-12-10-20(11-13-21)24-18-28(16-17-30-24)15-14-25(29)27-23-9-5-4-8-22(23)19-6-2-1-3-7-19/h1-13,24H,14-18H2,(H,27,29). The van der Waals surface area contributed by atoms with Crippen molar-refractivity contribution in [1.82, 2.24) is 4.90 Å². The summed E-state index contributed by atoms with van der Waals surface area (Å²) in [5, 5.41) is 3.81. The van der Waals surface area contributed by atoms with Gasteiger partial charge in [-0.3, -0.25) is 9.69 Å². The van der Waals surface area contributed by atoms with Gasteiger partial charge in [0.1, 0.15) is 0 Å². The molecule has 1 N–H and O–H groups in total. The molecule has 1 saturated heterocycles. The van der Waals surface area contributed by atoms with Crippen molar-refractivity contribution >= 4 is 23.2 Å². The van der Waals surface area contributed by atoms with Crippen LogP contribution in [-0.2, 0) is 9.53 Å². The Balaban J connectivity index is 1.34. The van der Waals surface area contributed by atoms with Crippen LogP contribution in [0.1, 0.15) is 18.1 Å². The highest BCUT2D eigenvalue weighted by atomic mass is 35.5. The van der Waals surface area contributed by atoms with E-state index >= 15 is 0 Å². The zero-order chi connectivity index (χ0) is 20.8. The molecule has 1 unspecified atom stereocenters. The molecule has 4 nitrogen and oxygen atoms in total. The first kappa shape index (κ1) is 20.6. The summed E-state index contributed by atoms with van der Waals surface area (Å²) >= 11 is 5.98. The second-order valence-corrected chi connectivity index (χ2v) is 7.86. The largest absolute Gasteiger partial charge is 0.371 e. The van der Waals surface area contributed by atoms with E-state index in [0.29, 0.717) is 19.6 Å². The molecule has 0 bridgehead atoms. The van der Waals surface area contributed by atoms with Gasteiger partial charge >= 0.3 is 0 Å². The van der Waals surface area contributed by atoms with Gasteiger partial charge in [-0.2, -0.15) is 0 Å². The van der Waals surface area contributed by atoms with Gasteiger partial charge < -0.3 is 10.1 Å². The first-order valence-corrected chi connectivity index (χ1v) is 10.6. The third-order valence-electron chi connectivity index (χ3n) is 5.33. The van der Waals surface area contributed by atoms with Gasteiger partial charge in [-0.15, -0.1) is 0 Å². The average Bonchev–Trinajstić information content (AvgIpc) is 2.79. The number of carbonyl (C=O) groups is 1. The number of benzene rings is 3. The SMILES string of the molecule is O=C(CCN1CCOC(c2ccc(Cl)cc2)C1)Nc1ccccc1-c1ccccc1. The summed E-state index contributed by atoms with van der Waals surface area (Å²) in [6.07, 6.45) is 0.453. The first-order valence-electron chi connectivity index (χ1n) is 10.2. The molecule has 0 radical (unpaired) electrons. The maximum Gasteiger partial charge on any atom is 0.225 e. The first-order chi connectivity index (χ1) is 14.7. The van der Waals surface area contributed by atoms with Gasteiger partial charge in [0.2, 0.25) is 5.91 Å². The summed E-state index contributed by atoms with van der Waals surface area (Å²) < 4.78 is 5.92. The fourth-order valence-electron chi connectivity index (χ4n) is 3.72. The monoisotopic (exact) mass is 420 g/mol. The number of hydrogen-bond donors (Lipinski definition) is 1. The summed E-state index contributed by atoms with van der Waals surface area (Å²) in [6.45, 7) is 2.96. The number of halogens is 1. The van der Waals surface area contributed by atoms with Crippen LogP contribution in [0.15, 0.2) is 78.9 Å². The fourth-order valence-corrected chi connectivity index (χ4v) is 3.84. The van der Waals surface area contributed by atoms with Crippen LogP contribution in [-0.4, -0.2) is 37.0 Å². The predicted octanol–water partition coefficient (Wildman–Crippen LogP) is 5.41. The summed E-state index contributed by atoms with van der Waals surface area (Å²) in [5.74, 6) is 0.0212. The van der Waals surface area contributed by atoms with E-state index in [4.69, 9.17) is 16.3 Å². The number of ether oxygens (including phenoxy) is 1. The molecule has 4 rings (SSSR count). The molecule has 5 heteroatoms. The molecule has 3 aromatic rings. The van der Waals surface area contributed by atoms with Crippen LogP contribution in [0.3, 0.4) is 0 Å². The quantitative estimate of drug-likeness (QED) is 0.579. The lowest BCUT2D eigenvalue weighted by atomic mass is 10.0. The van der Waals surface area contributed by atoms with E-state index in [1.165, 1.54) is 0 Å². The zero-order valence-corrected chi connectivity index (χ0v) is 17.5. The molecule has 154 valence electrons. The molecule has 0 aliphatic carbocycles. The maximum atomic E-state index is 12.6. The highest BCUT2D eigenvalue weighted by molar-refractivity contribution is 6.30. The smallest absolute Gasteiger partial charge is 0.225 e. The van der Waals surface area contributed by atoms with E-state index < -0.39 is 0 Å². The minimum atomic E-state index is 0.0119. The Bertz CT molecular complexity index is 976. The minimum absolute atomic E-state index is 0.0119. The van der Waals surface area contributed by atoms with Gasteiger partial charge in [0.15, 0.2) is 0 Å². The number of nitrogens with zero attached hydrogens (tertiary/aromatic N) is 1. The third kappa shape index (κ3) is 5.28. The average molecular weight is 421 g/mol. The predicted molar refractivity (Wildman–Crippen MR) is 122 cm³/mol. The highest BCUT2D eigenvalue weighted by Gasteiger charge is 2.22. The Morgan fingerprint density at radius 2 is 1.73 bits per heavy atom. The Hall–Kier alpha value is -2.66. The summed E-state index contributed by atoms with van der Waals surface area (Å²) in [4.78, 5) is 14.9. The van der Waals surface area contributed by atoms with Crippen molar-refractivity contribution in [2.45, 2.75) is 12.5 Å². The molecule has 0 spiro atoms. The van der Waals surface area contributed by atoms with Gasteiger partial charge in [-0.05, 0) is 29.3 Å². The molecular weight excluding hydrogens is 396 g/mol. The van der Waals surface area contributed by atoms with Crippen molar-refractivity contribution in [3.8, 4) is 11.1 Å². The number of carbonyl (C=O) groups excluding carboxylic acids is 1. The van der Waals surface area contributed by atoms with Gasteiger partial charge in [-0.1, -0.05) is 72.3 Å². The van der Waals surface area contributed by atoms with E-state index in [9.17, 15) is 4.79 Å². The highest BCUT2D eigenvalue weighted by Crippen LogP contribution is 2.28. The molecule has 0 aromatic heterocycles. The second kappa shape index (κ2) is 9.90. The molecule has 0 saturated carbocycles. The Morgan fingerprint density at radius 3 is 2.53 bits per heavy atom. The maximum absolute atomic E-state index is 12.6. The minimum Gasteiger partial charge on any atom is -0.371 e. The summed E-state index contributed by atoms with van der Waals surface area (Å²) in [5.41, 5.74) is 4.08. The second-order valence-electron chi connectivity index (χ2n) is 7.42. The molecule has 1 atom stereocenters. The lowest BCUT2D eigenvalue weighted by Gasteiger charge is -2.33. The summed E-state index contributed by atoms with van der Waals surface area (Å²) in [7, 11) is 0. The van der Waals surface area contributed by atoms with Gasteiger partial charge in [0, 0.05) is 42.3 Å². The Morgan fingerprint density at radius 1 is 1.00 bits per heavy atom. The number of rotatable bonds is 6. The van der Waals surface area contributed by atoms with Crippen molar-refractivity contribution in [3.63, 3.8) is 0 Å². The van der Waals surface area contributed by atoms with E-state index in [1.807, 2.05) is 66.7 Å². The molecule has 3 aromatic carbocycles.